The minimum absolute atomic E-state index is 0.199. The van der Waals surface area contributed by atoms with Crippen molar-refractivity contribution in [1.82, 2.24) is 0 Å². The van der Waals surface area contributed by atoms with Crippen LogP contribution in [0.5, 0.6) is 0 Å². The fourth-order valence-electron chi connectivity index (χ4n) is 1.15. The van der Waals surface area contributed by atoms with E-state index in [1.54, 1.807) is 33.8 Å². The van der Waals surface area contributed by atoms with Crippen molar-refractivity contribution in [3.05, 3.63) is 20.8 Å². The maximum absolute atomic E-state index is 12.0. The number of ether oxygens (including phenoxy) is 1. The Bertz CT molecular complexity index is 431. The molecule has 0 radical (unpaired) electrons. The van der Waals surface area contributed by atoms with E-state index in [-0.39, 0.29) is 5.78 Å². The highest BCUT2D eigenvalue weighted by Crippen LogP contribution is 2.23. The van der Waals surface area contributed by atoms with Gasteiger partial charge in [-0.15, -0.1) is 11.3 Å². The van der Waals surface area contributed by atoms with E-state index >= 15 is 0 Å². The monoisotopic (exact) mass is 318 g/mol. The smallest absolute Gasteiger partial charge is 0.317 e. The maximum Gasteiger partial charge on any atom is 0.317 e. The Morgan fingerprint density at radius 2 is 2.00 bits per heavy atom. The Balaban J connectivity index is 2.73. The van der Waals surface area contributed by atoms with Crippen LogP contribution in [0.4, 0.5) is 0 Å². The first-order chi connectivity index (χ1) is 7.70. The number of Topliss-reactive ketones (excluding diaryl/α,β-unsaturated/α-hetero) is 1. The van der Waals surface area contributed by atoms with Gasteiger partial charge in [0.2, 0.25) is 0 Å². The molecule has 0 aliphatic heterocycles. The molecule has 0 aromatic carbocycles. The van der Waals surface area contributed by atoms with Crippen LogP contribution in [0.25, 0.3) is 0 Å². The molecular formula is C12H15BrO3S. The molecule has 0 aliphatic carbocycles. The summed E-state index contributed by atoms with van der Waals surface area (Å²) in [7, 11) is 0. The first-order valence-corrected chi connectivity index (χ1v) is 6.89. The molecule has 1 aromatic rings. The topological polar surface area (TPSA) is 43.4 Å². The molecule has 0 saturated carbocycles. The number of rotatable bonds is 3. The largest absolute Gasteiger partial charge is 0.459 e. The van der Waals surface area contributed by atoms with E-state index in [1.165, 1.54) is 11.3 Å². The van der Waals surface area contributed by atoms with Gasteiger partial charge < -0.3 is 4.74 Å². The van der Waals surface area contributed by atoms with Crippen LogP contribution in [0.2, 0.25) is 0 Å². The minimum atomic E-state index is -0.764. The van der Waals surface area contributed by atoms with Gasteiger partial charge in [-0.2, -0.15) is 0 Å². The summed E-state index contributed by atoms with van der Waals surface area (Å²) in [6.45, 7) is 6.92. The third-order valence-corrected chi connectivity index (χ3v) is 3.67. The van der Waals surface area contributed by atoms with E-state index in [0.29, 0.717) is 4.88 Å². The second-order valence-electron chi connectivity index (χ2n) is 4.75. The number of hydrogen-bond acceptors (Lipinski definition) is 4. The Labute approximate surface area is 113 Å². The fraction of sp³-hybridized carbons (Fsp3) is 0.500. The highest BCUT2D eigenvalue weighted by molar-refractivity contribution is 9.10. The number of carbonyl (C=O) groups is 2. The third-order valence-electron chi connectivity index (χ3n) is 1.96. The normalized spacial score (nSPS) is 13.2. The van der Waals surface area contributed by atoms with Gasteiger partial charge in [0.25, 0.3) is 0 Å². The van der Waals surface area contributed by atoms with Crippen molar-refractivity contribution in [2.75, 3.05) is 0 Å². The summed E-state index contributed by atoms with van der Waals surface area (Å²) in [6, 6.07) is 1.72. The van der Waals surface area contributed by atoms with E-state index in [9.17, 15) is 9.59 Å². The van der Waals surface area contributed by atoms with Gasteiger partial charge in [-0.25, -0.2) is 0 Å². The van der Waals surface area contributed by atoms with Gasteiger partial charge in [0, 0.05) is 9.85 Å². The lowest BCUT2D eigenvalue weighted by atomic mass is 10.1. The number of hydrogen-bond donors (Lipinski definition) is 0. The predicted octanol–water partition coefficient (Wildman–Crippen LogP) is 3.67. The summed E-state index contributed by atoms with van der Waals surface area (Å²) < 4.78 is 6.03. The maximum atomic E-state index is 12.0. The quantitative estimate of drug-likeness (QED) is 0.485. The summed E-state index contributed by atoms with van der Waals surface area (Å²) >= 11 is 4.59. The first kappa shape index (κ1) is 14.4. The fourth-order valence-corrected chi connectivity index (χ4v) is 2.61. The lowest BCUT2D eigenvalue weighted by Gasteiger charge is -2.21. The van der Waals surface area contributed by atoms with Crippen molar-refractivity contribution in [2.45, 2.75) is 33.3 Å². The molecule has 5 heteroatoms. The summed E-state index contributed by atoms with van der Waals surface area (Å²) in [5, 5.41) is 1.81. The van der Waals surface area contributed by atoms with Crippen LogP contribution in [0.1, 0.15) is 37.4 Å². The van der Waals surface area contributed by atoms with E-state index in [0.717, 1.165) is 4.47 Å². The van der Waals surface area contributed by atoms with Gasteiger partial charge in [-0.1, -0.05) is 0 Å². The van der Waals surface area contributed by atoms with E-state index in [1.807, 2.05) is 5.38 Å². The number of halogens is 1. The molecule has 1 aromatic heterocycles. The number of thiophene rings is 1. The molecule has 0 spiro atoms. The molecule has 94 valence electrons. The molecule has 0 N–H and O–H groups in total. The highest BCUT2D eigenvalue weighted by atomic mass is 79.9. The summed E-state index contributed by atoms with van der Waals surface area (Å²) in [5.41, 5.74) is -0.568. The summed E-state index contributed by atoms with van der Waals surface area (Å²) in [5.74, 6) is -1.44. The number of ketones is 1. The molecule has 1 unspecified atom stereocenters. The third kappa shape index (κ3) is 4.24. The molecule has 3 nitrogen and oxygen atoms in total. The SMILES string of the molecule is CC(C(=O)OC(C)(C)C)C(=O)c1cc(Br)cs1. The molecule has 1 heterocycles. The average Bonchev–Trinajstić information content (AvgIpc) is 2.60. The Morgan fingerprint density at radius 3 is 2.41 bits per heavy atom. The lowest BCUT2D eigenvalue weighted by Crippen LogP contribution is -2.31. The summed E-state index contributed by atoms with van der Waals surface area (Å²) in [4.78, 5) is 24.3. The second kappa shape index (κ2) is 5.31. The zero-order valence-corrected chi connectivity index (χ0v) is 12.6. The molecule has 0 saturated heterocycles. The van der Waals surface area contributed by atoms with Gasteiger partial charge in [0.15, 0.2) is 5.78 Å². The minimum Gasteiger partial charge on any atom is -0.459 e. The zero-order chi connectivity index (χ0) is 13.2. The van der Waals surface area contributed by atoms with Gasteiger partial charge in [-0.05, 0) is 49.7 Å². The van der Waals surface area contributed by atoms with Crippen LogP contribution in [0.3, 0.4) is 0 Å². The summed E-state index contributed by atoms with van der Waals surface area (Å²) in [6.07, 6.45) is 0. The van der Waals surface area contributed by atoms with Crippen LogP contribution >= 0.6 is 27.3 Å². The van der Waals surface area contributed by atoms with Gasteiger partial charge in [-0.3, -0.25) is 9.59 Å². The van der Waals surface area contributed by atoms with E-state index in [2.05, 4.69) is 15.9 Å². The van der Waals surface area contributed by atoms with Crippen LogP contribution in [0, 0.1) is 5.92 Å². The Kier molecular flexibility index (Phi) is 4.49. The Hall–Kier alpha value is -0.680. The highest BCUT2D eigenvalue weighted by Gasteiger charge is 2.28. The van der Waals surface area contributed by atoms with Gasteiger partial charge >= 0.3 is 5.97 Å². The number of esters is 1. The van der Waals surface area contributed by atoms with Gasteiger partial charge in [0.1, 0.15) is 11.5 Å². The van der Waals surface area contributed by atoms with Crippen LogP contribution in [0.15, 0.2) is 15.9 Å². The number of carbonyl (C=O) groups excluding carboxylic acids is 2. The molecule has 0 aliphatic rings. The van der Waals surface area contributed by atoms with Crippen LogP contribution < -0.4 is 0 Å². The van der Waals surface area contributed by atoms with Crippen molar-refractivity contribution >= 4 is 39.0 Å². The molecule has 0 amide bonds. The first-order valence-electron chi connectivity index (χ1n) is 5.22. The van der Waals surface area contributed by atoms with Crippen molar-refractivity contribution in [2.24, 2.45) is 5.92 Å². The van der Waals surface area contributed by atoms with Crippen molar-refractivity contribution in [3.8, 4) is 0 Å². The second-order valence-corrected chi connectivity index (χ2v) is 6.58. The predicted molar refractivity (Wildman–Crippen MR) is 71.4 cm³/mol. The molecule has 1 rings (SSSR count). The average molecular weight is 319 g/mol. The molecule has 1 atom stereocenters. The van der Waals surface area contributed by atoms with Crippen LogP contribution in [-0.2, 0) is 9.53 Å². The molecular weight excluding hydrogens is 304 g/mol. The standard InChI is InChI=1S/C12H15BrO3S/c1-7(11(15)16-12(2,3)4)10(14)9-5-8(13)6-17-9/h5-7H,1-4H3. The van der Waals surface area contributed by atoms with E-state index < -0.39 is 17.5 Å². The van der Waals surface area contributed by atoms with Crippen molar-refractivity contribution in [1.29, 1.82) is 0 Å². The molecule has 0 bridgehead atoms. The molecule has 17 heavy (non-hydrogen) atoms. The zero-order valence-electron chi connectivity index (χ0n) is 10.2. The Morgan fingerprint density at radius 1 is 1.41 bits per heavy atom. The van der Waals surface area contributed by atoms with Crippen molar-refractivity contribution in [3.63, 3.8) is 0 Å². The van der Waals surface area contributed by atoms with Crippen LogP contribution in [-0.4, -0.2) is 17.4 Å². The van der Waals surface area contributed by atoms with E-state index in [4.69, 9.17) is 4.74 Å². The van der Waals surface area contributed by atoms with Crippen molar-refractivity contribution < 1.29 is 14.3 Å². The lowest BCUT2D eigenvalue weighted by molar-refractivity contribution is -0.157. The van der Waals surface area contributed by atoms with Gasteiger partial charge in [0.05, 0.1) is 4.88 Å². The molecule has 0 fully saturated rings.